The first-order valence-corrected chi connectivity index (χ1v) is 7.33. The quantitative estimate of drug-likeness (QED) is 0.884. The number of halogens is 3. The Balaban J connectivity index is 0.00000121. The van der Waals surface area contributed by atoms with Gasteiger partial charge in [-0.3, -0.25) is 4.90 Å². The summed E-state index contributed by atoms with van der Waals surface area (Å²) in [5, 5.41) is 0.769. The zero-order valence-corrected chi connectivity index (χ0v) is 14.8. The Bertz CT molecular complexity index is 615. The molecule has 1 aromatic carbocycles. The van der Waals surface area contributed by atoms with Gasteiger partial charge in [0.05, 0.1) is 6.54 Å². The second kappa shape index (κ2) is 8.23. The van der Waals surface area contributed by atoms with Crippen molar-refractivity contribution in [1.29, 1.82) is 0 Å². The molecule has 0 aliphatic carbocycles. The summed E-state index contributed by atoms with van der Waals surface area (Å²) in [5.74, 6) is 1.84. The van der Waals surface area contributed by atoms with Crippen molar-refractivity contribution in [3.63, 3.8) is 0 Å². The van der Waals surface area contributed by atoms with E-state index in [1.54, 1.807) is 0 Å². The minimum Gasteiger partial charge on any atom is -0.460 e. The summed E-state index contributed by atoms with van der Waals surface area (Å²) in [5.41, 5.74) is 8.01. The SMILES string of the molecule is Cc1ccc(-c2ccc(CN3CCC(N)C3)o2)cc1Cl.Cl.Cl. The Labute approximate surface area is 148 Å². The fraction of sp³-hybridized carbons (Fsp3) is 0.375. The molecule has 3 rings (SSSR count). The Morgan fingerprint density at radius 2 is 2.05 bits per heavy atom. The summed E-state index contributed by atoms with van der Waals surface area (Å²) in [6.07, 6.45) is 1.07. The predicted octanol–water partition coefficient (Wildman–Crippen LogP) is 4.29. The average molecular weight is 364 g/mol. The molecule has 1 aliphatic rings. The highest BCUT2D eigenvalue weighted by Crippen LogP contribution is 2.27. The second-order valence-electron chi connectivity index (χ2n) is 5.51. The van der Waals surface area contributed by atoms with Gasteiger partial charge in [-0.1, -0.05) is 23.7 Å². The van der Waals surface area contributed by atoms with E-state index in [4.69, 9.17) is 21.8 Å². The van der Waals surface area contributed by atoms with Crippen LogP contribution >= 0.6 is 36.4 Å². The lowest BCUT2D eigenvalue weighted by Gasteiger charge is -2.12. The van der Waals surface area contributed by atoms with Crippen molar-refractivity contribution in [3.8, 4) is 11.3 Å². The molecule has 1 aliphatic heterocycles. The van der Waals surface area contributed by atoms with Crippen molar-refractivity contribution < 1.29 is 4.42 Å². The van der Waals surface area contributed by atoms with Crippen LogP contribution < -0.4 is 5.73 Å². The van der Waals surface area contributed by atoms with Gasteiger partial charge in [0.2, 0.25) is 0 Å². The molecule has 2 N–H and O–H groups in total. The number of hydrogen-bond donors (Lipinski definition) is 1. The molecule has 0 spiro atoms. The molecule has 2 aromatic rings. The molecule has 122 valence electrons. The second-order valence-corrected chi connectivity index (χ2v) is 5.92. The van der Waals surface area contributed by atoms with E-state index in [-0.39, 0.29) is 24.8 Å². The smallest absolute Gasteiger partial charge is 0.134 e. The molecule has 0 amide bonds. The van der Waals surface area contributed by atoms with Crippen LogP contribution in [-0.4, -0.2) is 24.0 Å². The molecule has 6 heteroatoms. The first-order valence-electron chi connectivity index (χ1n) is 6.95. The third-order valence-corrected chi connectivity index (χ3v) is 4.21. The Morgan fingerprint density at radius 1 is 1.27 bits per heavy atom. The lowest BCUT2D eigenvalue weighted by Crippen LogP contribution is -2.26. The fourth-order valence-corrected chi connectivity index (χ4v) is 2.77. The van der Waals surface area contributed by atoms with E-state index >= 15 is 0 Å². The number of likely N-dealkylation sites (tertiary alicyclic amines) is 1. The number of hydrogen-bond acceptors (Lipinski definition) is 3. The lowest BCUT2D eigenvalue weighted by molar-refractivity contribution is 0.296. The van der Waals surface area contributed by atoms with E-state index in [0.717, 1.165) is 53.7 Å². The maximum atomic E-state index is 6.16. The molecule has 0 radical (unpaired) electrons. The van der Waals surface area contributed by atoms with Crippen molar-refractivity contribution in [2.45, 2.75) is 25.9 Å². The molecule has 1 fully saturated rings. The number of furan rings is 1. The van der Waals surface area contributed by atoms with Crippen molar-refractivity contribution in [2.24, 2.45) is 5.73 Å². The standard InChI is InChI=1S/C16H19ClN2O.2ClH/c1-11-2-3-12(8-15(11)17)16-5-4-14(20-16)10-19-7-6-13(18)9-19;;/h2-5,8,13H,6-7,9-10,18H2,1H3;2*1H. The molecule has 1 saturated heterocycles. The molecule has 1 atom stereocenters. The molecule has 3 nitrogen and oxygen atoms in total. The van der Waals surface area contributed by atoms with Crippen molar-refractivity contribution in [3.05, 3.63) is 46.7 Å². The maximum absolute atomic E-state index is 6.16. The van der Waals surface area contributed by atoms with E-state index in [9.17, 15) is 0 Å². The summed E-state index contributed by atoms with van der Waals surface area (Å²) in [6, 6.07) is 10.3. The topological polar surface area (TPSA) is 42.4 Å². The third-order valence-electron chi connectivity index (χ3n) is 3.81. The van der Waals surface area contributed by atoms with Crippen molar-refractivity contribution >= 4 is 36.4 Å². The van der Waals surface area contributed by atoms with Crippen LogP contribution in [0, 0.1) is 6.92 Å². The Morgan fingerprint density at radius 3 is 2.68 bits per heavy atom. The first kappa shape index (κ1) is 19.3. The molecule has 2 heterocycles. The summed E-state index contributed by atoms with van der Waals surface area (Å²) in [7, 11) is 0. The van der Waals surface area contributed by atoms with Gasteiger partial charge >= 0.3 is 0 Å². The van der Waals surface area contributed by atoms with Crippen LogP contribution in [0.2, 0.25) is 5.02 Å². The van der Waals surface area contributed by atoms with Crippen LogP contribution in [0.1, 0.15) is 17.7 Å². The highest BCUT2D eigenvalue weighted by molar-refractivity contribution is 6.31. The lowest BCUT2D eigenvalue weighted by atomic mass is 10.1. The minimum atomic E-state index is 0. The number of benzene rings is 1. The molecule has 1 aromatic heterocycles. The summed E-state index contributed by atoms with van der Waals surface area (Å²) < 4.78 is 5.92. The van der Waals surface area contributed by atoms with Gasteiger partial charge in [0.15, 0.2) is 0 Å². The highest BCUT2D eigenvalue weighted by Gasteiger charge is 2.20. The van der Waals surface area contributed by atoms with Gasteiger partial charge in [0, 0.05) is 29.7 Å². The van der Waals surface area contributed by atoms with Crippen LogP contribution in [0.4, 0.5) is 0 Å². The minimum absolute atomic E-state index is 0. The average Bonchev–Trinajstić information content (AvgIpc) is 3.03. The Kier molecular flexibility index (Phi) is 7.23. The van der Waals surface area contributed by atoms with Gasteiger partial charge in [-0.2, -0.15) is 0 Å². The van der Waals surface area contributed by atoms with Crippen molar-refractivity contribution in [1.82, 2.24) is 4.90 Å². The maximum Gasteiger partial charge on any atom is 0.134 e. The Hall–Kier alpha value is -0.710. The van der Waals surface area contributed by atoms with Crippen LogP contribution in [0.15, 0.2) is 34.7 Å². The molecule has 0 bridgehead atoms. The fourth-order valence-electron chi connectivity index (χ4n) is 2.59. The molecule has 1 unspecified atom stereocenters. The summed E-state index contributed by atoms with van der Waals surface area (Å²) in [6.45, 7) is 4.82. The number of aryl methyl sites for hydroxylation is 1. The largest absolute Gasteiger partial charge is 0.460 e. The monoisotopic (exact) mass is 362 g/mol. The number of nitrogens with two attached hydrogens (primary N) is 1. The third kappa shape index (κ3) is 4.40. The summed E-state index contributed by atoms with van der Waals surface area (Å²) in [4.78, 5) is 2.33. The molecular formula is C16H21Cl3N2O. The summed E-state index contributed by atoms with van der Waals surface area (Å²) >= 11 is 6.16. The van der Waals surface area contributed by atoms with Gasteiger partial charge < -0.3 is 10.2 Å². The number of nitrogens with zero attached hydrogens (tertiary/aromatic N) is 1. The van der Waals surface area contributed by atoms with Crippen LogP contribution in [0.3, 0.4) is 0 Å². The van der Waals surface area contributed by atoms with Gasteiger partial charge in [0.1, 0.15) is 11.5 Å². The van der Waals surface area contributed by atoms with E-state index in [1.165, 1.54) is 0 Å². The van der Waals surface area contributed by atoms with E-state index in [1.807, 2.05) is 37.3 Å². The van der Waals surface area contributed by atoms with Gasteiger partial charge in [-0.25, -0.2) is 0 Å². The van der Waals surface area contributed by atoms with Gasteiger partial charge in [-0.05, 0) is 37.1 Å². The number of rotatable bonds is 3. The van der Waals surface area contributed by atoms with Gasteiger partial charge in [0.25, 0.3) is 0 Å². The van der Waals surface area contributed by atoms with Crippen LogP contribution in [0.25, 0.3) is 11.3 Å². The van der Waals surface area contributed by atoms with Crippen LogP contribution in [0.5, 0.6) is 0 Å². The molecule has 22 heavy (non-hydrogen) atoms. The highest BCUT2D eigenvalue weighted by atomic mass is 35.5. The molecular weight excluding hydrogens is 343 g/mol. The normalized spacial score (nSPS) is 17.9. The van der Waals surface area contributed by atoms with Crippen molar-refractivity contribution in [2.75, 3.05) is 13.1 Å². The first-order chi connectivity index (χ1) is 9.61. The predicted molar refractivity (Wildman–Crippen MR) is 96.3 cm³/mol. The van der Waals surface area contributed by atoms with E-state index in [0.29, 0.717) is 6.04 Å². The van der Waals surface area contributed by atoms with Gasteiger partial charge in [-0.15, -0.1) is 24.8 Å². The van der Waals surface area contributed by atoms with E-state index in [2.05, 4.69) is 4.90 Å². The van der Waals surface area contributed by atoms with Crippen LogP contribution in [-0.2, 0) is 6.54 Å². The zero-order valence-electron chi connectivity index (χ0n) is 12.4. The molecule has 0 saturated carbocycles. The van der Waals surface area contributed by atoms with E-state index < -0.39 is 0 Å². The zero-order chi connectivity index (χ0) is 14.1.